The molecule has 1 aliphatic rings. The molecule has 0 bridgehead atoms. The van der Waals surface area contributed by atoms with Crippen LogP contribution in [-0.2, 0) is 14.9 Å². The molecule has 32 heavy (non-hydrogen) atoms. The predicted molar refractivity (Wildman–Crippen MR) is 123 cm³/mol. The third kappa shape index (κ3) is 5.26. The van der Waals surface area contributed by atoms with Crippen LogP contribution in [0.5, 0.6) is 0 Å². The molecule has 1 saturated heterocycles. The van der Waals surface area contributed by atoms with Crippen molar-refractivity contribution in [2.24, 2.45) is 0 Å². The maximum atomic E-state index is 12.5. The molecule has 166 valence electrons. The van der Waals surface area contributed by atoms with Gasteiger partial charge in [-0.3, -0.25) is 9.59 Å². The van der Waals surface area contributed by atoms with Crippen molar-refractivity contribution in [3.8, 4) is 11.3 Å². The summed E-state index contributed by atoms with van der Waals surface area (Å²) in [7, 11) is 0. The zero-order chi connectivity index (χ0) is 22.4. The maximum absolute atomic E-state index is 12.5. The van der Waals surface area contributed by atoms with E-state index in [2.05, 4.69) is 43.9 Å². The highest BCUT2D eigenvalue weighted by atomic mass is 79.9. The number of benzene rings is 2. The number of halogens is 1. The van der Waals surface area contributed by atoms with Crippen LogP contribution in [0.15, 0.2) is 69.7 Å². The van der Waals surface area contributed by atoms with Crippen LogP contribution in [0.3, 0.4) is 0 Å². The van der Waals surface area contributed by atoms with Gasteiger partial charge in [-0.05, 0) is 30.5 Å². The van der Waals surface area contributed by atoms with Gasteiger partial charge in [0.05, 0.1) is 6.54 Å². The van der Waals surface area contributed by atoms with E-state index in [1.165, 1.54) is 0 Å². The first-order valence-electron chi connectivity index (χ1n) is 10.5. The lowest BCUT2D eigenvalue weighted by Crippen LogP contribution is -2.47. The highest BCUT2D eigenvalue weighted by Gasteiger charge is 2.35. The Bertz CT molecular complexity index is 1080. The summed E-state index contributed by atoms with van der Waals surface area (Å²) in [5, 5.41) is 9.40. The maximum Gasteiger partial charge on any atom is 0.273 e. The molecule has 2 aromatic carbocycles. The lowest BCUT2D eigenvalue weighted by Gasteiger charge is -2.38. The Kier molecular flexibility index (Phi) is 7.02. The first kappa shape index (κ1) is 22.2. The number of nitrogens with zero attached hydrogens (tertiary/aromatic N) is 1. The lowest BCUT2D eigenvalue weighted by molar-refractivity contribution is -0.120. The molecule has 4 rings (SSSR count). The Labute approximate surface area is 194 Å². The van der Waals surface area contributed by atoms with Crippen LogP contribution in [0.2, 0.25) is 0 Å². The molecule has 0 saturated carbocycles. The fraction of sp³-hybridized carbons (Fsp3) is 0.292. The fourth-order valence-electron chi connectivity index (χ4n) is 3.85. The monoisotopic (exact) mass is 497 g/mol. The molecule has 2 N–H and O–H groups in total. The Morgan fingerprint density at radius 1 is 1.00 bits per heavy atom. The van der Waals surface area contributed by atoms with E-state index in [-0.39, 0.29) is 23.6 Å². The van der Waals surface area contributed by atoms with Gasteiger partial charge in [0.1, 0.15) is 0 Å². The number of aromatic nitrogens is 1. The molecule has 2 heterocycles. The van der Waals surface area contributed by atoms with Crippen LogP contribution in [0.1, 0.15) is 28.9 Å². The molecular formula is C24H24BrN3O4. The second-order valence-electron chi connectivity index (χ2n) is 7.80. The molecular weight excluding hydrogens is 474 g/mol. The lowest BCUT2D eigenvalue weighted by atomic mass is 9.74. The number of ether oxygens (including phenoxy) is 1. The van der Waals surface area contributed by atoms with Crippen molar-refractivity contribution in [1.29, 1.82) is 0 Å². The van der Waals surface area contributed by atoms with Crippen molar-refractivity contribution in [3.63, 3.8) is 0 Å². The van der Waals surface area contributed by atoms with Crippen LogP contribution in [-0.4, -0.2) is 43.3 Å². The molecule has 0 atom stereocenters. The fourth-order valence-corrected chi connectivity index (χ4v) is 4.25. The van der Waals surface area contributed by atoms with E-state index in [1.54, 1.807) is 6.07 Å². The Hall–Kier alpha value is -2.97. The SMILES string of the molecule is O=C(CNC(=O)c1cc(-c2ccccc2)on1)NCC1(c2cccc(Br)c2)CCOCC1. The average molecular weight is 498 g/mol. The molecule has 0 unspecified atom stereocenters. The van der Waals surface area contributed by atoms with Gasteiger partial charge in [-0.1, -0.05) is 63.6 Å². The summed E-state index contributed by atoms with van der Waals surface area (Å²) in [6.07, 6.45) is 1.63. The summed E-state index contributed by atoms with van der Waals surface area (Å²) >= 11 is 3.53. The van der Waals surface area contributed by atoms with Crippen LogP contribution in [0.25, 0.3) is 11.3 Å². The van der Waals surface area contributed by atoms with E-state index in [9.17, 15) is 9.59 Å². The van der Waals surface area contributed by atoms with Crippen molar-refractivity contribution in [1.82, 2.24) is 15.8 Å². The van der Waals surface area contributed by atoms with Gasteiger partial charge in [-0.25, -0.2) is 0 Å². The summed E-state index contributed by atoms with van der Waals surface area (Å²) in [5.41, 5.74) is 1.92. The van der Waals surface area contributed by atoms with Crippen LogP contribution in [0.4, 0.5) is 0 Å². The topological polar surface area (TPSA) is 93.5 Å². The summed E-state index contributed by atoms with van der Waals surface area (Å²) in [6.45, 7) is 1.63. The van der Waals surface area contributed by atoms with Crippen LogP contribution in [0, 0.1) is 0 Å². The molecule has 2 amide bonds. The summed E-state index contributed by atoms with van der Waals surface area (Å²) < 4.78 is 11.8. The van der Waals surface area contributed by atoms with Gasteiger partial charge in [0.15, 0.2) is 11.5 Å². The van der Waals surface area contributed by atoms with Gasteiger partial charge in [-0.2, -0.15) is 0 Å². The molecule has 0 spiro atoms. The zero-order valence-electron chi connectivity index (χ0n) is 17.5. The standard InChI is InChI=1S/C24H24BrN3O4/c25-19-8-4-7-18(13-19)24(9-11-31-12-10-24)16-27-22(29)15-26-23(30)20-14-21(32-28-20)17-5-2-1-3-6-17/h1-8,13-14H,9-12,15-16H2,(H,26,30)(H,27,29). The normalized spacial score (nSPS) is 15.2. The third-order valence-corrected chi connectivity index (χ3v) is 6.21. The van der Waals surface area contributed by atoms with Gasteiger partial charge < -0.3 is 19.9 Å². The zero-order valence-corrected chi connectivity index (χ0v) is 19.1. The van der Waals surface area contributed by atoms with E-state index >= 15 is 0 Å². The second-order valence-corrected chi connectivity index (χ2v) is 8.72. The van der Waals surface area contributed by atoms with Crippen molar-refractivity contribution >= 4 is 27.7 Å². The molecule has 8 heteroatoms. The van der Waals surface area contributed by atoms with E-state index < -0.39 is 5.91 Å². The van der Waals surface area contributed by atoms with Crippen LogP contribution < -0.4 is 10.6 Å². The number of hydrogen-bond acceptors (Lipinski definition) is 5. The van der Waals surface area contributed by atoms with Crippen molar-refractivity contribution in [2.45, 2.75) is 18.3 Å². The molecule has 7 nitrogen and oxygen atoms in total. The van der Waals surface area contributed by atoms with E-state index in [1.807, 2.05) is 42.5 Å². The number of carbonyl (C=O) groups excluding carboxylic acids is 2. The number of nitrogens with one attached hydrogen (secondary N) is 2. The number of rotatable bonds is 7. The summed E-state index contributed by atoms with van der Waals surface area (Å²) in [6, 6.07) is 19.1. The summed E-state index contributed by atoms with van der Waals surface area (Å²) in [4.78, 5) is 24.9. The minimum absolute atomic E-state index is 0.131. The highest BCUT2D eigenvalue weighted by Crippen LogP contribution is 2.35. The van der Waals surface area contributed by atoms with E-state index in [0.29, 0.717) is 25.5 Å². The van der Waals surface area contributed by atoms with Gasteiger partial charge in [0.2, 0.25) is 5.91 Å². The quantitative estimate of drug-likeness (QED) is 0.518. The smallest absolute Gasteiger partial charge is 0.273 e. The van der Waals surface area contributed by atoms with Crippen molar-refractivity contribution < 1.29 is 18.8 Å². The van der Waals surface area contributed by atoms with Gasteiger partial charge in [0.25, 0.3) is 5.91 Å². The Balaban J connectivity index is 1.33. The largest absolute Gasteiger partial charge is 0.381 e. The Morgan fingerprint density at radius 3 is 2.53 bits per heavy atom. The molecule has 1 aromatic heterocycles. The van der Waals surface area contributed by atoms with E-state index in [0.717, 1.165) is 28.4 Å². The number of amides is 2. The number of carbonyl (C=O) groups is 2. The Morgan fingerprint density at radius 2 is 1.78 bits per heavy atom. The average Bonchev–Trinajstić information content (AvgIpc) is 3.33. The summed E-state index contributed by atoms with van der Waals surface area (Å²) in [5.74, 6) is -0.222. The third-order valence-electron chi connectivity index (χ3n) is 5.72. The molecule has 0 radical (unpaired) electrons. The minimum atomic E-state index is -0.459. The van der Waals surface area contributed by atoms with Crippen molar-refractivity contribution in [2.75, 3.05) is 26.3 Å². The highest BCUT2D eigenvalue weighted by molar-refractivity contribution is 9.10. The van der Waals surface area contributed by atoms with Crippen LogP contribution >= 0.6 is 15.9 Å². The molecule has 3 aromatic rings. The minimum Gasteiger partial charge on any atom is -0.381 e. The van der Waals surface area contributed by atoms with Gasteiger partial charge in [-0.15, -0.1) is 0 Å². The second kappa shape index (κ2) is 10.1. The molecule has 0 aliphatic carbocycles. The molecule has 1 aliphatic heterocycles. The predicted octanol–water partition coefficient (Wildman–Crippen LogP) is 3.70. The first-order chi connectivity index (χ1) is 15.6. The van der Waals surface area contributed by atoms with Gasteiger partial charge in [0, 0.05) is 41.3 Å². The van der Waals surface area contributed by atoms with E-state index in [4.69, 9.17) is 9.26 Å². The van der Waals surface area contributed by atoms with Gasteiger partial charge >= 0.3 is 0 Å². The molecule has 1 fully saturated rings. The van der Waals surface area contributed by atoms with Crippen molar-refractivity contribution in [3.05, 3.63) is 76.4 Å². The first-order valence-corrected chi connectivity index (χ1v) is 11.3. The number of hydrogen-bond donors (Lipinski definition) is 2.